The van der Waals surface area contributed by atoms with Crippen molar-refractivity contribution in [2.45, 2.75) is 13.8 Å². The molecule has 0 saturated heterocycles. The van der Waals surface area contributed by atoms with Crippen LogP contribution in [-0.2, 0) is 19.1 Å². The van der Waals surface area contributed by atoms with Gasteiger partial charge in [-0.25, -0.2) is 4.79 Å². The van der Waals surface area contributed by atoms with E-state index in [1.165, 1.54) is 7.11 Å². The van der Waals surface area contributed by atoms with Gasteiger partial charge in [0.1, 0.15) is 6.54 Å². The zero-order valence-corrected chi connectivity index (χ0v) is 18.4. The molecule has 0 aliphatic rings. The third-order valence-electron chi connectivity index (χ3n) is 4.95. The van der Waals surface area contributed by atoms with E-state index < -0.39 is 5.97 Å². The second-order valence-corrected chi connectivity index (χ2v) is 7.26. The lowest BCUT2D eigenvalue weighted by molar-refractivity contribution is -0.883. The van der Waals surface area contributed by atoms with E-state index in [0.29, 0.717) is 24.4 Å². The minimum absolute atomic E-state index is 0.0995. The minimum Gasteiger partial charge on any atom is -0.465 e. The van der Waals surface area contributed by atoms with Gasteiger partial charge in [0.15, 0.2) is 13.1 Å². The van der Waals surface area contributed by atoms with Crippen LogP contribution in [0, 0.1) is 13.8 Å². The molecule has 1 unspecified atom stereocenters. The molecule has 0 heterocycles. The van der Waals surface area contributed by atoms with E-state index >= 15 is 0 Å². The zero-order valence-electron chi connectivity index (χ0n) is 18.4. The third-order valence-corrected chi connectivity index (χ3v) is 4.95. The van der Waals surface area contributed by atoms with E-state index in [9.17, 15) is 14.4 Å². The van der Waals surface area contributed by atoms with Gasteiger partial charge in [0.25, 0.3) is 11.8 Å². The Kier molecular flexibility index (Phi) is 9.17. The Hall–Kier alpha value is -3.23. The normalized spacial score (nSPS) is 11.5. The molecule has 31 heavy (non-hydrogen) atoms. The Labute approximate surface area is 182 Å². The first kappa shape index (κ1) is 24.0. The van der Waals surface area contributed by atoms with Crippen LogP contribution in [0.4, 0.5) is 11.4 Å². The second-order valence-electron chi connectivity index (χ2n) is 7.26. The van der Waals surface area contributed by atoms with Gasteiger partial charge in [-0.1, -0.05) is 12.1 Å². The highest BCUT2D eigenvalue weighted by molar-refractivity contribution is 5.94. The number of carbonyl (C=O) groups excluding carboxylic acids is 3. The van der Waals surface area contributed by atoms with E-state index in [1.54, 1.807) is 31.4 Å². The predicted octanol–water partition coefficient (Wildman–Crippen LogP) is 1.20. The number of esters is 1. The summed E-state index contributed by atoms with van der Waals surface area (Å²) < 4.78 is 9.79. The van der Waals surface area contributed by atoms with Crippen LogP contribution in [0.2, 0.25) is 0 Å². The number of benzene rings is 2. The molecule has 2 aromatic carbocycles. The number of carbonyl (C=O) groups is 3. The van der Waals surface area contributed by atoms with Crippen LogP contribution in [-0.4, -0.2) is 58.2 Å². The van der Waals surface area contributed by atoms with Crippen LogP contribution in [0.3, 0.4) is 0 Å². The smallest absolute Gasteiger partial charge is 0.337 e. The summed E-state index contributed by atoms with van der Waals surface area (Å²) >= 11 is 0. The molecule has 0 saturated carbocycles. The number of hydrogen-bond donors (Lipinski definition) is 3. The number of hydrogen-bond acceptors (Lipinski definition) is 5. The molecule has 2 rings (SSSR count). The zero-order chi connectivity index (χ0) is 22.8. The van der Waals surface area contributed by atoms with Crippen LogP contribution in [0.25, 0.3) is 0 Å². The molecule has 0 fully saturated rings. The Morgan fingerprint density at radius 3 is 2.16 bits per heavy atom. The number of quaternary nitrogens is 1. The van der Waals surface area contributed by atoms with Crippen molar-refractivity contribution < 1.29 is 28.8 Å². The first-order valence-corrected chi connectivity index (χ1v) is 10.0. The number of methoxy groups -OCH3 is 2. The average molecular weight is 429 g/mol. The minimum atomic E-state index is -0.442. The van der Waals surface area contributed by atoms with Crippen molar-refractivity contribution in [1.29, 1.82) is 0 Å². The molecule has 0 aromatic heterocycles. The third kappa shape index (κ3) is 7.51. The number of nitrogens with one attached hydrogen (secondary N) is 3. The molecule has 2 amide bonds. The quantitative estimate of drug-likeness (QED) is 0.494. The fourth-order valence-electron chi connectivity index (χ4n) is 3.03. The van der Waals surface area contributed by atoms with Crippen molar-refractivity contribution in [2.24, 2.45) is 0 Å². The van der Waals surface area contributed by atoms with E-state index in [-0.39, 0.29) is 24.9 Å². The summed E-state index contributed by atoms with van der Waals surface area (Å²) in [4.78, 5) is 37.3. The Morgan fingerprint density at radius 2 is 1.55 bits per heavy atom. The van der Waals surface area contributed by atoms with Crippen molar-refractivity contribution in [3.63, 3.8) is 0 Å². The molecule has 0 spiro atoms. The first-order chi connectivity index (χ1) is 14.8. The van der Waals surface area contributed by atoms with Crippen LogP contribution in [0.5, 0.6) is 0 Å². The Morgan fingerprint density at radius 1 is 0.903 bits per heavy atom. The molecular weight excluding hydrogens is 398 g/mol. The highest BCUT2D eigenvalue weighted by Crippen LogP contribution is 2.17. The number of rotatable bonds is 10. The lowest BCUT2D eigenvalue weighted by Crippen LogP contribution is -3.14. The van der Waals surface area contributed by atoms with Crippen LogP contribution < -0.4 is 15.5 Å². The number of aryl methyl sites for hydroxylation is 1. The monoisotopic (exact) mass is 428 g/mol. The average Bonchev–Trinajstić information content (AvgIpc) is 2.75. The number of anilines is 2. The number of ether oxygens (including phenoxy) is 2. The molecule has 0 bridgehead atoms. The highest BCUT2D eigenvalue weighted by Gasteiger charge is 2.19. The van der Waals surface area contributed by atoms with Crippen molar-refractivity contribution in [3.8, 4) is 0 Å². The van der Waals surface area contributed by atoms with E-state index in [2.05, 4.69) is 15.4 Å². The fourth-order valence-corrected chi connectivity index (χ4v) is 3.03. The van der Waals surface area contributed by atoms with Gasteiger partial charge in [-0.3, -0.25) is 9.59 Å². The van der Waals surface area contributed by atoms with E-state index in [4.69, 9.17) is 4.74 Å². The summed E-state index contributed by atoms with van der Waals surface area (Å²) in [5.74, 6) is -0.852. The maximum absolute atomic E-state index is 12.6. The van der Waals surface area contributed by atoms with Gasteiger partial charge in [-0.15, -0.1) is 0 Å². The molecule has 0 radical (unpaired) electrons. The van der Waals surface area contributed by atoms with Gasteiger partial charge in [-0.05, 0) is 55.3 Å². The molecule has 8 nitrogen and oxygen atoms in total. The summed E-state index contributed by atoms with van der Waals surface area (Å²) in [5.41, 5.74) is 3.84. The van der Waals surface area contributed by atoms with Crippen LogP contribution in [0.1, 0.15) is 21.5 Å². The molecular formula is C23H30N3O5+. The summed E-state index contributed by atoms with van der Waals surface area (Å²) in [6, 6.07) is 12.2. The summed E-state index contributed by atoms with van der Waals surface area (Å²) in [6.07, 6.45) is 0. The van der Waals surface area contributed by atoms with E-state index in [0.717, 1.165) is 21.7 Å². The van der Waals surface area contributed by atoms with Gasteiger partial charge in [0.05, 0.1) is 19.3 Å². The molecule has 3 N–H and O–H groups in total. The standard InChI is InChI=1S/C23H29N3O5/c1-16-6-5-7-20(17(16)2)25-22(28)15-26(12-13-30-3)14-21(27)24-19-10-8-18(9-11-19)23(29)31-4/h5-11H,12-15H2,1-4H3,(H,24,27)(H,25,28)/p+1. The van der Waals surface area contributed by atoms with Gasteiger partial charge < -0.3 is 25.0 Å². The summed E-state index contributed by atoms with van der Waals surface area (Å²) in [6.45, 7) is 5.11. The van der Waals surface area contributed by atoms with Gasteiger partial charge in [0.2, 0.25) is 0 Å². The van der Waals surface area contributed by atoms with Crippen molar-refractivity contribution in [2.75, 3.05) is 51.1 Å². The van der Waals surface area contributed by atoms with Gasteiger partial charge >= 0.3 is 5.97 Å². The van der Waals surface area contributed by atoms with Crippen LogP contribution in [0.15, 0.2) is 42.5 Å². The van der Waals surface area contributed by atoms with Crippen molar-refractivity contribution >= 4 is 29.2 Å². The topological polar surface area (TPSA) is 98.2 Å². The lowest BCUT2D eigenvalue weighted by Gasteiger charge is -2.19. The molecule has 2 aromatic rings. The second kappa shape index (κ2) is 11.8. The maximum atomic E-state index is 12.6. The molecule has 0 aliphatic heterocycles. The fraction of sp³-hybridized carbons (Fsp3) is 0.348. The predicted molar refractivity (Wildman–Crippen MR) is 118 cm³/mol. The van der Waals surface area contributed by atoms with Crippen LogP contribution >= 0.6 is 0 Å². The summed E-state index contributed by atoms with van der Waals surface area (Å²) in [5, 5.41) is 5.72. The Bertz CT molecular complexity index is 912. The summed E-state index contributed by atoms with van der Waals surface area (Å²) in [7, 11) is 2.89. The molecule has 166 valence electrons. The number of amides is 2. The largest absolute Gasteiger partial charge is 0.465 e. The first-order valence-electron chi connectivity index (χ1n) is 10.0. The Balaban J connectivity index is 1.96. The lowest BCUT2D eigenvalue weighted by atomic mass is 10.1. The van der Waals surface area contributed by atoms with Crippen molar-refractivity contribution in [3.05, 3.63) is 59.2 Å². The van der Waals surface area contributed by atoms with Gasteiger partial charge in [0, 0.05) is 18.5 Å². The highest BCUT2D eigenvalue weighted by atomic mass is 16.5. The van der Waals surface area contributed by atoms with Crippen molar-refractivity contribution in [1.82, 2.24) is 0 Å². The molecule has 1 atom stereocenters. The van der Waals surface area contributed by atoms with E-state index in [1.807, 2.05) is 32.0 Å². The maximum Gasteiger partial charge on any atom is 0.337 e. The molecule has 0 aliphatic carbocycles. The SMILES string of the molecule is COCC[NH+](CC(=O)Nc1ccc(C(=O)OC)cc1)CC(=O)Nc1cccc(C)c1C. The molecule has 8 heteroatoms. The van der Waals surface area contributed by atoms with Gasteiger partial charge in [-0.2, -0.15) is 0 Å².